The Labute approximate surface area is 181 Å². The van der Waals surface area contributed by atoms with Crippen LogP contribution >= 0.6 is 0 Å². The highest BCUT2D eigenvalue weighted by Crippen LogP contribution is 2.37. The molecule has 2 saturated heterocycles. The van der Waals surface area contributed by atoms with Gasteiger partial charge in [-0.25, -0.2) is 9.18 Å². The van der Waals surface area contributed by atoms with E-state index in [1.807, 2.05) is 25.7 Å². The largest absolute Gasteiger partial charge is 0.444 e. The Morgan fingerprint density at radius 2 is 1.84 bits per heavy atom. The smallest absolute Gasteiger partial charge is 0.410 e. The van der Waals surface area contributed by atoms with Crippen LogP contribution in [-0.2, 0) is 4.74 Å². The lowest BCUT2D eigenvalue weighted by molar-refractivity contribution is 0.00500. The van der Waals surface area contributed by atoms with Gasteiger partial charge >= 0.3 is 6.09 Å². The lowest BCUT2D eigenvalue weighted by Gasteiger charge is -2.39. The van der Waals surface area contributed by atoms with Gasteiger partial charge in [-0.1, -0.05) is 12.1 Å². The standard InChI is InChI=1S/C24H28FN3O3/c1-24(2,3)31-23(30)28-19-8-9-20(28)13-18(12-19)27-22(29)16-7-10-21(26-14-16)15-5-4-6-17(25)11-15/h4-7,10-11,14,18-20H,8-9,12-13H2,1-3H3,(H,27,29)/t18?,19-,20+. The quantitative estimate of drug-likeness (QED) is 0.783. The molecule has 1 unspecified atom stereocenters. The summed E-state index contributed by atoms with van der Waals surface area (Å²) in [6.07, 6.45) is 4.55. The molecular formula is C24H28FN3O3. The summed E-state index contributed by atoms with van der Waals surface area (Å²) in [4.78, 5) is 31.5. The second-order valence-corrected chi connectivity index (χ2v) is 9.36. The summed E-state index contributed by atoms with van der Waals surface area (Å²) in [7, 11) is 0. The molecule has 0 radical (unpaired) electrons. The average Bonchev–Trinajstić information content (AvgIpc) is 2.98. The second-order valence-electron chi connectivity index (χ2n) is 9.36. The highest BCUT2D eigenvalue weighted by atomic mass is 19.1. The first kappa shape index (κ1) is 21.3. The van der Waals surface area contributed by atoms with Gasteiger partial charge in [-0.3, -0.25) is 9.78 Å². The number of benzene rings is 1. The number of fused-ring (bicyclic) bond motifs is 2. The number of carbonyl (C=O) groups is 2. The Morgan fingerprint density at radius 3 is 2.42 bits per heavy atom. The molecule has 1 aromatic heterocycles. The molecule has 2 aliphatic rings. The second kappa shape index (κ2) is 8.29. The number of ether oxygens (including phenoxy) is 1. The fraction of sp³-hybridized carbons (Fsp3) is 0.458. The number of rotatable bonds is 3. The van der Waals surface area contributed by atoms with E-state index < -0.39 is 5.60 Å². The molecule has 0 spiro atoms. The summed E-state index contributed by atoms with van der Waals surface area (Å²) in [6, 6.07) is 9.81. The van der Waals surface area contributed by atoms with Crippen LogP contribution in [0, 0.1) is 5.82 Å². The predicted molar refractivity (Wildman–Crippen MR) is 115 cm³/mol. The molecule has 164 valence electrons. The Kier molecular flexibility index (Phi) is 5.69. The minimum Gasteiger partial charge on any atom is -0.444 e. The zero-order valence-electron chi connectivity index (χ0n) is 18.1. The van der Waals surface area contributed by atoms with Crippen LogP contribution in [0.25, 0.3) is 11.3 Å². The Morgan fingerprint density at radius 1 is 1.13 bits per heavy atom. The number of nitrogens with zero attached hydrogens (tertiary/aromatic N) is 2. The first-order valence-electron chi connectivity index (χ1n) is 10.7. The molecule has 6 nitrogen and oxygen atoms in total. The van der Waals surface area contributed by atoms with Crippen LogP contribution in [0.2, 0.25) is 0 Å². The minimum atomic E-state index is -0.522. The summed E-state index contributed by atoms with van der Waals surface area (Å²) < 4.78 is 19.0. The third-order valence-electron chi connectivity index (χ3n) is 5.82. The zero-order valence-corrected chi connectivity index (χ0v) is 18.1. The van der Waals surface area contributed by atoms with Crippen molar-refractivity contribution in [3.63, 3.8) is 0 Å². The lowest BCUT2D eigenvalue weighted by atomic mass is 9.97. The number of piperidine rings is 1. The van der Waals surface area contributed by atoms with Gasteiger partial charge in [0.25, 0.3) is 5.91 Å². The zero-order chi connectivity index (χ0) is 22.2. The molecule has 2 aliphatic heterocycles. The number of amides is 2. The molecule has 31 heavy (non-hydrogen) atoms. The van der Waals surface area contributed by atoms with E-state index >= 15 is 0 Å². The van der Waals surface area contributed by atoms with Gasteiger partial charge in [0.05, 0.1) is 11.3 Å². The summed E-state index contributed by atoms with van der Waals surface area (Å²) in [5.74, 6) is -0.512. The van der Waals surface area contributed by atoms with Crippen LogP contribution in [0.5, 0.6) is 0 Å². The maximum atomic E-state index is 13.4. The Hall–Kier alpha value is -2.96. The van der Waals surface area contributed by atoms with Crippen molar-refractivity contribution in [2.45, 2.75) is 70.2 Å². The number of nitrogens with one attached hydrogen (secondary N) is 1. The van der Waals surface area contributed by atoms with Gasteiger partial charge in [0.2, 0.25) is 0 Å². The summed E-state index contributed by atoms with van der Waals surface area (Å²) in [5.41, 5.74) is 1.21. The average molecular weight is 426 g/mol. The van der Waals surface area contributed by atoms with Crippen LogP contribution in [0.15, 0.2) is 42.6 Å². The van der Waals surface area contributed by atoms with Gasteiger partial charge in [0.1, 0.15) is 11.4 Å². The van der Waals surface area contributed by atoms with E-state index in [-0.39, 0.29) is 35.9 Å². The number of carbonyl (C=O) groups excluding carboxylic acids is 2. The van der Waals surface area contributed by atoms with Crippen molar-refractivity contribution >= 4 is 12.0 Å². The van der Waals surface area contributed by atoms with Crippen molar-refractivity contribution in [3.8, 4) is 11.3 Å². The van der Waals surface area contributed by atoms with Crippen molar-refractivity contribution in [1.29, 1.82) is 0 Å². The molecule has 3 atom stereocenters. The van der Waals surface area contributed by atoms with Crippen LogP contribution in [-0.4, -0.2) is 45.6 Å². The van der Waals surface area contributed by atoms with Gasteiger partial charge in [0, 0.05) is 29.9 Å². The van der Waals surface area contributed by atoms with Crippen molar-refractivity contribution < 1.29 is 18.7 Å². The molecule has 4 rings (SSSR count). The molecule has 1 aromatic carbocycles. The summed E-state index contributed by atoms with van der Waals surface area (Å²) >= 11 is 0. The monoisotopic (exact) mass is 425 g/mol. The highest BCUT2D eigenvalue weighted by Gasteiger charge is 2.45. The van der Waals surface area contributed by atoms with Gasteiger partial charge < -0.3 is 15.0 Å². The SMILES string of the molecule is CC(C)(C)OC(=O)N1[C@@H]2CC[C@H]1CC(NC(=O)c1ccc(-c3cccc(F)c3)nc1)C2. The summed E-state index contributed by atoms with van der Waals surface area (Å²) in [6.45, 7) is 5.61. The van der Waals surface area contributed by atoms with Crippen LogP contribution in [0.1, 0.15) is 56.8 Å². The number of pyridine rings is 1. The maximum Gasteiger partial charge on any atom is 0.410 e. The first-order chi connectivity index (χ1) is 14.7. The van der Waals surface area contributed by atoms with E-state index in [0.29, 0.717) is 16.8 Å². The van der Waals surface area contributed by atoms with Gasteiger partial charge in [0.15, 0.2) is 0 Å². The molecule has 7 heteroatoms. The van der Waals surface area contributed by atoms with E-state index in [4.69, 9.17) is 4.74 Å². The first-order valence-corrected chi connectivity index (χ1v) is 10.7. The molecular weight excluding hydrogens is 397 g/mol. The Balaban J connectivity index is 1.37. The van der Waals surface area contributed by atoms with E-state index in [0.717, 1.165) is 25.7 Å². The molecule has 2 bridgehead atoms. The normalized spacial score (nSPS) is 22.8. The molecule has 1 N–H and O–H groups in total. The van der Waals surface area contributed by atoms with Crippen LogP contribution in [0.4, 0.5) is 9.18 Å². The van der Waals surface area contributed by atoms with E-state index in [9.17, 15) is 14.0 Å². The van der Waals surface area contributed by atoms with Crippen LogP contribution < -0.4 is 5.32 Å². The molecule has 3 heterocycles. The van der Waals surface area contributed by atoms with Gasteiger partial charge in [-0.2, -0.15) is 0 Å². The molecule has 2 aromatic rings. The van der Waals surface area contributed by atoms with Crippen molar-refractivity contribution in [1.82, 2.24) is 15.2 Å². The molecule has 2 amide bonds. The fourth-order valence-electron chi connectivity index (χ4n) is 4.52. The summed E-state index contributed by atoms with van der Waals surface area (Å²) in [5, 5.41) is 3.09. The van der Waals surface area contributed by atoms with Crippen LogP contribution in [0.3, 0.4) is 0 Å². The third kappa shape index (κ3) is 4.86. The number of hydrogen-bond donors (Lipinski definition) is 1. The minimum absolute atomic E-state index is 0.00609. The molecule has 2 fully saturated rings. The topological polar surface area (TPSA) is 71.5 Å². The van der Waals surface area contributed by atoms with Gasteiger partial charge in [-0.15, -0.1) is 0 Å². The molecule has 0 saturated carbocycles. The van der Waals surface area contributed by atoms with Crippen molar-refractivity contribution in [3.05, 3.63) is 54.0 Å². The fourth-order valence-corrected chi connectivity index (χ4v) is 4.52. The Bertz CT molecular complexity index is 957. The third-order valence-corrected chi connectivity index (χ3v) is 5.82. The predicted octanol–water partition coefficient (Wildman–Crippen LogP) is 4.55. The molecule has 0 aliphatic carbocycles. The van der Waals surface area contributed by atoms with Gasteiger partial charge in [-0.05, 0) is 70.7 Å². The van der Waals surface area contributed by atoms with Crippen molar-refractivity contribution in [2.24, 2.45) is 0 Å². The number of halogens is 1. The van der Waals surface area contributed by atoms with E-state index in [1.54, 1.807) is 24.3 Å². The van der Waals surface area contributed by atoms with E-state index in [1.165, 1.54) is 18.3 Å². The van der Waals surface area contributed by atoms with E-state index in [2.05, 4.69) is 10.3 Å². The number of hydrogen-bond acceptors (Lipinski definition) is 4. The maximum absolute atomic E-state index is 13.4. The van der Waals surface area contributed by atoms with Crippen molar-refractivity contribution in [2.75, 3.05) is 0 Å². The highest BCUT2D eigenvalue weighted by molar-refractivity contribution is 5.94. The lowest BCUT2D eigenvalue weighted by Crippen LogP contribution is -2.53. The number of aromatic nitrogens is 1.